The van der Waals surface area contributed by atoms with Crippen molar-refractivity contribution in [1.82, 2.24) is 20.7 Å². The molecule has 0 spiro atoms. The first kappa shape index (κ1) is 23.4. The van der Waals surface area contributed by atoms with Gasteiger partial charge in [-0.15, -0.1) is 0 Å². The number of hydrogen-bond donors (Lipinski definition) is 3. The molecule has 0 bridgehead atoms. The molecule has 1 heterocycles. The molecule has 2 aromatic carbocycles. The van der Waals surface area contributed by atoms with Gasteiger partial charge in [0.2, 0.25) is 0 Å². The maximum absolute atomic E-state index is 12.9. The van der Waals surface area contributed by atoms with E-state index in [9.17, 15) is 19.5 Å². The fourth-order valence-electron chi connectivity index (χ4n) is 3.83. The van der Waals surface area contributed by atoms with Crippen LogP contribution in [0.25, 0.3) is 0 Å². The fourth-order valence-corrected chi connectivity index (χ4v) is 3.83. The highest BCUT2D eigenvalue weighted by molar-refractivity contribution is 6.07. The van der Waals surface area contributed by atoms with E-state index < -0.39 is 23.4 Å². The summed E-state index contributed by atoms with van der Waals surface area (Å²) in [7, 11) is 0. The quantitative estimate of drug-likeness (QED) is 0.494. The van der Waals surface area contributed by atoms with Gasteiger partial charge in [-0.05, 0) is 30.9 Å². The van der Waals surface area contributed by atoms with Crippen molar-refractivity contribution in [2.75, 3.05) is 19.7 Å². The van der Waals surface area contributed by atoms with E-state index in [0.29, 0.717) is 19.4 Å². The molecule has 1 unspecified atom stereocenters. The first-order valence-corrected chi connectivity index (χ1v) is 10.8. The summed E-state index contributed by atoms with van der Waals surface area (Å²) in [4.78, 5) is 39.8. The Morgan fingerprint density at radius 3 is 2.12 bits per heavy atom. The Labute approximate surface area is 188 Å². The highest BCUT2D eigenvalue weighted by Crippen LogP contribution is 2.28. The second kappa shape index (κ2) is 10.4. The van der Waals surface area contributed by atoms with E-state index in [2.05, 4.69) is 10.7 Å². The average Bonchev–Trinajstić information content (AvgIpc) is 3.02. The Balaban J connectivity index is 1.84. The van der Waals surface area contributed by atoms with Crippen LogP contribution in [0.15, 0.2) is 60.7 Å². The second-order valence-corrected chi connectivity index (χ2v) is 8.06. The van der Waals surface area contributed by atoms with Crippen LogP contribution in [0.3, 0.4) is 0 Å². The Morgan fingerprint density at radius 2 is 1.66 bits per heavy atom. The summed E-state index contributed by atoms with van der Waals surface area (Å²) in [6.07, 6.45) is 0.886. The first-order chi connectivity index (χ1) is 15.4. The molecule has 0 aliphatic carbocycles. The maximum Gasteiger partial charge on any atom is 0.344 e. The Hall–Kier alpha value is -3.23. The molecule has 0 saturated carbocycles. The van der Waals surface area contributed by atoms with Crippen LogP contribution in [0, 0.1) is 0 Å². The lowest BCUT2D eigenvalue weighted by Gasteiger charge is -2.32. The third-order valence-corrected chi connectivity index (χ3v) is 5.75. The minimum Gasteiger partial charge on any atom is -0.396 e. The molecule has 32 heavy (non-hydrogen) atoms. The van der Waals surface area contributed by atoms with Crippen LogP contribution in [-0.2, 0) is 9.59 Å². The molecule has 0 aromatic heterocycles. The first-order valence-electron chi connectivity index (χ1n) is 10.8. The standard InChI is InChI=1S/C24H30N4O4/c1-3-24(2)22(31)28(23(32)25-24)26-20(30)17-27(15-10-16-29)21(18-11-6-4-7-12-18)19-13-8-5-9-14-19/h4-9,11-14,21,29H,3,10,15-17H2,1-2H3,(H,25,32)(H,26,30). The van der Waals surface area contributed by atoms with Crippen LogP contribution in [-0.4, -0.2) is 58.1 Å². The number of hydrazine groups is 1. The van der Waals surface area contributed by atoms with Crippen molar-refractivity contribution in [3.63, 3.8) is 0 Å². The lowest BCUT2D eigenvalue weighted by atomic mass is 9.96. The predicted octanol–water partition coefficient (Wildman–Crippen LogP) is 2.21. The predicted molar refractivity (Wildman–Crippen MR) is 120 cm³/mol. The number of carbonyl (C=O) groups is 3. The number of imide groups is 1. The van der Waals surface area contributed by atoms with Crippen molar-refractivity contribution in [3.8, 4) is 0 Å². The number of aliphatic hydroxyl groups is 1. The van der Waals surface area contributed by atoms with Crippen molar-refractivity contribution in [2.45, 2.75) is 38.3 Å². The van der Waals surface area contributed by atoms with E-state index in [4.69, 9.17) is 0 Å². The van der Waals surface area contributed by atoms with Gasteiger partial charge in [0.1, 0.15) is 5.54 Å². The third-order valence-electron chi connectivity index (χ3n) is 5.75. The smallest absolute Gasteiger partial charge is 0.344 e. The number of nitrogens with zero attached hydrogens (tertiary/aromatic N) is 2. The van der Waals surface area contributed by atoms with Crippen molar-refractivity contribution in [1.29, 1.82) is 0 Å². The zero-order valence-electron chi connectivity index (χ0n) is 18.5. The van der Waals surface area contributed by atoms with Crippen LogP contribution in [0.5, 0.6) is 0 Å². The third kappa shape index (κ3) is 5.15. The van der Waals surface area contributed by atoms with E-state index in [-0.39, 0.29) is 19.2 Å². The molecule has 0 radical (unpaired) electrons. The lowest BCUT2D eigenvalue weighted by molar-refractivity contribution is -0.139. The number of nitrogens with one attached hydrogen (secondary N) is 2. The molecule has 1 atom stereocenters. The van der Waals surface area contributed by atoms with Crippen LogP contribution in [0.1, 0.15) is 43.9 Å². The Bertz CT molecular complexity index is 898. The number of amides is 4. The summed E-state index contributed by atoms with van der Waals surface area (Å²) in [5.74, 6) is -0.966. The van der Waals surface area contributed by atoms with Crippen molar-refractivity contribution < 1.29 is 19.5 Å². The SMILES string of the molecule is CCC1(C)NC(=O)N(NC(=O)CN(CCCO)C(c2ccccc2)c2ccccc2)C1=O. The molecule has 3 rings (SSSR count). The van der Waals surface area contributed by atoms with E-state index in [0.717, 1.165) is 16.1 Å². The zero-order chi connectivity index (χ0) is 23.1. The highest BCUT2D eigenvalue weighted by Gasteiger charge is 2.47. The van der Waals surface area contributed by atoms with Gasteiger partial charge in [-0.3, -0.25) is 19.9 Å². The van der Waals surface area contributed by atoms with Crippen molar-refractivity contribution in [2.24, 2.45) is 0 Å². The van der Waals surface area contributed by atoms with Crippen LogP contribution < -0.4 is 10.7 Å². The van der Waals surface area contributed by atoms with E-state index in [1.165, 1.54) is 0 Å². The number of rotatable bonds is 10. The monoisotopic (exact) mass is 438 g/mol. The van der Waals surface area contributed by atoms with Crippen LogP contribution in [0.2, 0.25) is 0 Å². The molecule has 3 N–H and O–H groups in total. The number of urea groups is 1. The van der Waals surface area contributed by atoms with Gasteiger partial charge in [0.15, 0.2) is 0 Å². The molecule has 1 saturated heterocycles. The molecule has 2 aromatic rings. The number of carbonyl (C=O) groups excluding carboxylic acids is 3. The number of aliphatic hydroxyl groups excluding tert-OH is 1. The summed E-state index contributed by atoms with van der Waals surface area (Å²) in [6, 6.07) is 18.7. The van der Waals surface area contributed by atoms with Gasteiger partial charge in [0.05, 0.1) is 12.6 Å². The van der Waals surface area contributed by atoms with Gasteiger partial charge in [-0.2, -0.15) is 5.01 Å². The van der Waals surface area contributed by atoms with Crippen LogP contribution in [0.4, 0.5) is 4.79 Å². The largest absolute Gasteiger partial charge is 0.396 e. The molecule has 8 heteroatoms. The maximum atomic E-state index is 12.9. The normalized spacial score (nSPS) is 18.3. The Morgan fingerprint density at radius 1 is 1.09 bits per heavy atom. The van der Waals surface area contributed by atoms with Crippen LogP contribution >= 0.6 is 0 Å². The van der Waals surface area contributed by atoms with Gasteiger partial charge in [-0.25, -0.2) is 4.79 Å². The number of benzene rings is 2. The molecule has 1 aliphatic rings. The molecule has 8 nitrogen and oxygen atoms in total. The van der Waals surface area contributed by atoms with Crippen molar-refractivity contribution >= 4 is 17.8 Å². The lowest BCUT2D eigenvalue weighted by Crippen LogP contribution is -2.51. The molecule has 170 valence electrons. The topological polar surface area (TPSA) is 102 Å². The highest BCUT2D eigenvalue weighted by atomic mass is 16.3. The van der Waals surface area contributed by atoms with E-state index in [1.54, 1.807) is 13.8 Å². The fraction of sp³-hybridized carbons (Fsp3) is 0.375. The zero-order valence-corrected chi connectivity index (χ0v) is 18.5. The summed E-state index contributed by atoms with van der Waals surface area (Å²) < 4.78 is 0. The minimum atomic E-state index is -1.03. The van der Waals surface area contributed by atoms with Crippen molar-refractivity contribution in [3.05, 3.63) is 71.8 Å². The van der Waals surface area contributed by atoms with Gasteiger partial charge in [0.25, 0.3) is 11.8 Å². The molecule has 1 fully saturated rings. The summed E-state index contributed by atoms with van der Waals surface area (Å²) in [5.41, 5.74) is 3.43. The Kier molecular flexibility index (Phi) is 7.61. The van der Waals surface area contributed by atoms with E-state index in [1.807, 2.05) is 65.6 Å². The molecule has 4 amide bonds. The second-order valence-electron chi connectivity index (χ2n) is 8.06. The number of hydrogen-bond acceptors (Lipinski definition) is 5. The average molecular weight is 439 g/mol. The van der Waals surface area contributed by atoms with Gasteiger partial charge >= 0.3 is 6.03 Å². The summed E-state index contributed by atoms with van der Waals surface area (Å²) in [5, 5.41) is 12.8. The molecule has 1 aliphatic heterocycles. The minimum absolute atomic E-state index is 0.0176. The van der Waals surface area contributed by atoms with Gasteiger partial charge in [-0.1, -0.05) is 67.6 Å². The van der Waals surface area contributed by atoms with E-state index >= 15 is 0 Å². The summed E-state index contributed by atoms with van der Waals surface area (Å²) in [6.45, 7) is 3.80. The molecular formula is C24H30N4O4. The van der Waals surface area contributed by atoms with Gasteiger partial charge in [0, 0.05) is 13.2 Å². The molecular weight excluding hydrogens is 408 g/mol. The van der Waals surface area contributed by atoms with Gasteiger partial charge < -0.3 is 10.4 Å². The summed E-state index contributed by atoms with van der Waals surface area (Å²) >= 11 is 0.